The minimum Gasteiger partial charge on any atom is -0.346 e. The van der Waals surface area contributed by atoms with Crippen molar-refractivity contribution in [3.05, 3.63) is 94.9 Å². The summed E-state index contributed by atoms with van der Waals surface area (Å²) in [4.78, 5) is 15.9. The zero-order valence-corrected chi connectivity index (χ0v) is 14.6. The van der Waals surface area contributed by atoms with Gasteiger partial charge in [-0.15, -0.1) is 0 Å². The molecule has 129 valence electrons. The summed E-state index contributed by atoms with van der Waals surface area (Å²) in [6.07, 6.45) is 7.71. The van der Waals surface area contributed by atoms with Crippen LogP contribution in [0, 0.1) is 26.2 Å². The summed E-state index contributed by atoms with van der Waals surface area (Å²) in [5, 5.41) is 1.02. The van der Waals surface area contributed by atoms with Crippen molar-refractivity contribution in [1.29, 1.82) is 0 Å². The van der Waals surface area contributed by atoms with E-state index in [0.29, 0.717) is 17.7 Å². The van der Waals surface area contributed by atoms with Gasteiger partial charge in [-0.05, 0) is 48.7 Å². The van der Waals surface area contributed by atoms with Crippen LogP contribution in [0.4, 0.5) is 4.39 Å². The maximum absolute atomic E-state index is 14.5. The lowest BCUT2D eigenvalue weighted by atomic mass is 10.0. The predicted octanol–water partition coefficient (Wildman–Crippen LogP) is 4.30. The quantitative estimate of drug-likeness (QED) is 0.561. The Morgan fingerprint density at radius 2 is 1.77 bits per heavy atom. The molecule has 0 bridgehead atoms. The molecule has 0 aliphatic rings. The smallest absolute Gasteiger partial charge is 0.216 e. The average molecular weight is 345 g/mol. The van der Waals surface area contributed by atoms with Crippen LogP contribution in [0.3, 0.4) is 0 Å². The van der Waals surface area contributed by atoms with Crippen molar-refractivity contribution in [3.8, 4) is 0 Å². The van der Waals surface area contributed by atoms with Crippen LogP contribution in [0.5, 0.6) is 0 Å². The van der Waals surface area contributed by atoms with Gasteiger partial charge in [-0.3, -0.25) is 4.98 Å². The highest BCUT2D eigenvalue weighted by atomic mass is 19.1. The number of nitrogens with one attached hydrogen (secondary N) is 1. The number of halogens is 1. The molecule has 1 radical (unpaired) electrons. The molecular weight excluding hydrogens is 327 g/mol. The van der Waals surface area contributed by atoms with Gasteiger partial charge in [-0.25, -0.2) is 9.97 Å². The molecule has 4 aromatic heterocycles. The Morgan fingerprint density at radius 1 is 0.962 bits per heavy atom. The molecule has 0 fully saturated rings. The molecule has 1 N–H and O–H groups in total. The van der Waals surface area contributed by atoms with Crippen LogP contribution < -0.4 is 0 Å². The lowest BCUT2D eigenvalue weighted by Crippen LogP contribution is -2.00. The van der Waals surface area contributed by atoms with Crippen LogP contribution in [0.1, 0.15) is 33.6 Å². The van der Waals surface area contributed by atoms with Crippen LogP contribution in [0.2, 0.25) is 0 Å². The van der Waals surface area contributed by atoms with Gasteiger partial charge in [0, 0.05) is 36.0 Å². The SMILES string of the molecule is Cc1ccc([CH]c2ccc(Cc3c[nH]c4ncc(C)cc34)c(F)n2)nc1. The first kappa shape index (κ1) is 16.4. The second-order valence-electron chi connectivity index (χ2n) is 6.49. The number of rotatable bonds is 4. The van der Waals surface area contributed by atoms with E-state index >= 15 is 0 Å². The molecule has 4 nitrogen and oxygen atoms in total. The fraction of sp³-hybridized carbons (Fsp3) is 0.143. The molecule has 26 heavy (non-hydrogen) atoms. The first-order valence-corrected chi connectivity index (χ1v) is 8.44. The number of nitrogens with zero attached hydrogens (tertiary/aromatic N) is 3. The van der Waals surface area contributed by atoms with E-state index in [1.807, 2.05) is 44.4 Å². The van der Waals surface area contributed by atoms with Gasteiger partial charge in [0.25, 0.3) is 0 Å². The van der Waals surface area contributed by atoms with Crippen LogP contribution in [-0.2, 0) is 6.42 Å². The van der Waals surface area contributed by atoms with E-state index in [1.54, 1.807) is 18.7 Å². The minimum atomic E-state index is -0.458. The topological polar surface area (TPSA) is 54.5 Å². The van der Waals surface area contributed by atoms with E-state index in [9.17, 15) is 4.39 Å². The number of aromatic amines is 1. The van der Waals surface area contributed by atoms with Crippen molar-refractivity contribution in [2.24, 2.45) is 0 Å². The van der Waals surface area contributed by atoms with Crippen molar-refractivity contribution in [1.82, 2.24) is 19.9 Å². The van der Waals surface area contributed by atoms with Crippen LogP contribution in [0.25, 0.3) is 11.0 Å². The lowest BCUT2D eigenvalue weighted by molar-refractivity contribution is 0.567. The molecule has 4 aromatic rings. The maximum atomic E-state index is 14.5. The van der Waals surface area contributed by atoms with Gasteiger partial charge in [0.15, 0.2) is 0 Å². The van der Waals surface area contributed by atoms with E-state index in [2.05, 4.69) is 26.0 Å². The zero-order valence-electron chi connectivity index (χ0n) is 14.6. The number of hydrogen-bond donors (Lipinski definition) is 1. The van der Waals surface area contributed by atoms with Crippen LogP contribution in [-0.4, -0.2) is 19.9 Å². The van der Waals surface area contributed by atoms with E-state index in [-0.39, 0.29) is 0 Å². The molecule has 5 heteroatoms. The Kier molecular flexibility index (Phi) is 4.21. The minimum absolute atomic E-state index is 0.458. The first-order valence-electron chi connectivity index (χ1n) is 8.44. The number of pyridine rings is 3. The number of fused-ring (bicyclic) bond motifs is 1. The standard InChI is InChI=1S/C21H18FN4/c1-13-3-5-17(23-10-13)9-18-6-4-15(20(22)26-18)8-16-12-25-21-19(16)7-14(2)11-24-21/h3-7,9-12H,8H2,1-2H3,(H,24,25). The number of hydrogen-bond acceptors (Lipinski definition) is 3. The third-order valence-corrected chi connectivity index (χ3v) is 4.31. The summed E-state index contributed by atoms with van der Waals surface area (Å²) in [7, 11) is 0. The Hall–Kier alpha value is -3.08. The molecule has 0 saturated carbocycles. The second kappa shape index (κ2) is 6.67. The van der Waals surface area contributed by atoms with Gasteiger partial charge in [0.2, 0.25) is 5.95 Å². The van der Waals surface area contributed by atoms with Crippen molar-refractivity contribution < 1.29 is 4.39 Å². The van der Waals surface area contributed by atoms with Crippen LogP contribution >= 0.6 is 0 Å². The number of aromatic nitrogens is 4. The van der Waals surface area contributed by atoms with Crippen molar-refractivity contribution in [2.75, 3.05) is 0 Å². The summed E-state index contributed by atoms with van der Waals surface area (Å²) in [6, 6.07) is 9.52. The van der Waals surface area contributed by atoms with Gasteiger partial charge in [0.05, 0.1) is 17.8 Å². The number of aryl methyl sites for hydroxylation is 2. The highest BCUT2D eigenvalue weighted by Gasteiger charge is 2.11. The summed E-state index contributed by atoms with van der Waals surface area (Å²) >= 11 is 0. The normalized spacial score (nSPS) is 11.2. The highest BCUT2D eigenvalue weighted by Crippen LogP contribution is 2.22. The molecule has 0 spiro atoms. The molecule has 4 heterocycles. The Labute approximate surface area is 151 Å². The van der Waals surface area contributed by atoms with E-state index < -0.39 is 5.95 Å². The molecule has 0 aromatic carbocycles. The monoisotopic (exact) mass is 345 g/mol. The predicted molar refractivity (Wildman–Crippen MR) is 99.3 cm³/mol. The summed E-state index contributed by atoms with van der Waals surface area (Å²) in [6.45, 7) is 3.97. The molecule has 0 aliphatic heterocycles. The van der Waals surface area contributed by atoms with Gasteiger partial charge in [-0.1, -0.05) is 12.1 Å². The van der Waals surface area contributed by atoms with Gasteiger partial charge >= 0.3 is 0 Å². The maximum Gasteiger partial charge on any atom is 0.216 e. The third kappa shape index (κ3) is 3.33. The van der Waals surface area contributed by atoms with Gasteiger partial charge in [0.1, 0.15) is 5.65 Å². The zero-order chi connectivity index (χ0) is 18.1. The van der Waals surface area contributed by atoms with E-state index in [4.69, 9.17) is 0 Å². The van der Waals surface area contributed by atoms with Crippen molar-refractivity contribution >= 4 is 11.0 Å². The first-order chi connectivity index (χ1) is 12.6. The Balaban J connectivity index is 1.57. The Bertz CT molecular complexity index is 1070. The average Bonchev–Trinajstić information content (AvgIpc) is 3.01. The van der Waals surface area contributed by atoms with Crippen molar-refractivity contribution in [3.63, 3.8) is 0 Å². The van der Waals surface area contributed by atoms with Gasteiger partial charge < -0.3 is 4.98 Å². The fourth-order valence-electron chi connectivity index (χ4n) is 2.92. The van der Waals surface area contributed by atoms with Crippen molar-refractivity contribution in [2.45, 2.75) is 20.3 Å². The van der Waals surface area contributed by atoms with E-state index in [1.165, 1.54) is 0 Å². The molecular formula is C21H18FN4. The highest BCUT2D eigenvalue weighted by molar-refractivity contribution is 5.80. The van der Waals surface area contributed by atoms with Crippen LogP contribution in [0.15, 0.2) is 48.9 Å². The number of H-pyrrole nitrogens is 1. The molecule has 0 saturated heterocycles. The summed E-state index contributed by atoms with van der Waals surface area (Å²) < 4.78 is 14.5. The Morgan fingerprint density at radius 3 is 2.54 bits per heavy atom. The molecule has 0 aliphatic carbocycles. The lowest BCUT2D eigenvalue weighted by Gasteiger charge is -2.05. The molecule has 0 atom stereocenters. The van der Waals surface area contributed by atoms with Gasteiger partial charge in [-0.2, -0.15) is 4.39 Å². The largest absolute Gasteiger partial charge is 0.346 e. The third-order valence-electron chi connectivity index (χ3n) is 4.31. The second-order valence-corrected chi connectivity index (χ2v) is 6.49. The van der Waals surface area contributed by atoms with E-state index in [0.717, 1.165) is 33.4 Å². The fourth-order valence-corrected chi connectivity index (χ4v) is 2.92. The molecule has 0 unspecified atom stereocenters. The summed E-state index contributed by atoms with van der Waals surface area (Å²) in [5.41, 5.74) is 5.85. The molecule has 0 amide bonds. The summed E-state index contributed by atoms with van der Waals surface area (Å²) in [5.74, 6) is -0.458. The molecule has 4 rings (SSSR count).